The molecule has 0 aliphatic carbocycles. The summed E-state index contributed by atoms with van der Waals surface area (Å²) in [5, 5.41) is 20.0. The van der Waals surface area contributed by atoms with Crippen LogP contribution >= 0.6 is 15.9 Å². The van der Waals surface area contributed by atoms with Crippen LogP contribution in [-0.4, -0.2) is 40.3 Å². The van der Waals surface area contributed by atoms with Gasteiger partial charge in [-0.05, 0) is 40.2 Å². The van der Waals surface area contributed by atoms with Crippen molar-refractivity contribution in [2.24, 2.45) is 0 Å². The Kier molecular flexibility index (Phi) is 3.29. The van der Waals surface area contributed by atoms with Crippen molar-refractivity contribution < 1.29 is 18.7 Å². The van der Waals surface area contributed by atoms with Crippen molar-refractivity contribution >= 4 is 33.2 Å². The number of nitrogens with zero attached hydrogens (tertiary/aromatic N) is 6. The Morgan fingerprint density at radius 1 is 1.12 bits per heavy atom. The smallest absolute Gasteiger partial charge is 0.356 e. The van der Waals surface area contributed by atoms with Gasteiger partial charge in [0.1, 0.15) is 5.69 Å². The fourth-order valence-electron chi connectivity index (χ4n) is 2.35. The maximum absolute atomic E-state index is 14.9. The van der Waals surface area contributed by atoms with Crippen molar-refractivity contribution in [2.75, 3.05) is 0 Å². The van der Waals surface area contributed by atoms with E-state index in [4.69, 9.17) is 5.11 Å². The van der Waals surface area contributed by atoms with Gasteiger partial charge in [0.2, 0.25) is 5.82 Å². The number of fused-ring (bicyclic) bond motifs is 2. The monoisotopic (exact) mass is 408 g/mol. The third-order valence-corrected chi connectivity index (χ3v) is 3.98. The highest BCUT2D eigenvalue weighted by atomic mass is 79.9. The average Bonchev–Trinajstić information content (AvgIpc) is 3.17. The van der Waals surface area contributed by atoms with Crippen molar-refractivity contribution in [3.63, 3.8) is 0 Å². The van der Waals surface area contributed by atoms with Gasteiger partial charge in [-0.2, -0.15) is 13.9 Å². The van der Waals surface area contributed by atoms with Gasteiger partial charge in [0.15, 0.2) is 17.0 Å². The lowest BCUT2D eigenvalue weighted by Crippen LogP contribution is -2.22. The maximum atomic E-state index is 14.9. The molecular weight excluding hydrogens is 402 g/mol. The van der Waals surface area contributed by atoms with Crippen LogP contribution in [0.15, 0.2) is 41.1 Å². The van der Waals surface area contributed by atoms with Crippen LogP contribution in [0.25, 0.3) is 11.3 Å². The number of carbonyl (C=O) groups is 1. The molecule has 0 fully saturated rings. The Hall–Kier alpha value is -2.95. The second kappa shape index (κ2) is 5.28. The number of aromatic nitrogens is 6. The Labute approximate surface area is 145 Å². The molecule has 0 saturated heterocycles. The number of hydrogen-bond acceptors (Lipinski definition) is 5. The second-order valence-electron chi connectivity index (χ2n) is 5.13. The predicted octanol–water partition coefficient (Wildman–Crippen LogP) is 2.37. The number of hydrogen-bond donors (Lipinski definition) is 1. The lowest BCUT2D eigenvalue weighted by Gasteiger charge is -2.13. The van der Waals surface area contributed by atoms with Crippen molar-refractivity contribution in [3.05, 3.63) is 58.3 Å². The highest BCUT2D eigenvalue weighted by molar-refractivity contribution is 9.10. The lowest BCUT2D eigenvalue weighted by molar-refractivity contribution is 0.0258. The lowest BCUT2D eigenvalue weighted by atomic mass is 10.2. The van der Waals surface area contributed by atoms with E-state index in [9.17, 15) is 13.6 Å². The molecule has 8 nitrogen and oxygen atoms in total. The molecule has 0 amide bonds. The summed E-state index contributed by atoms with van der Waals surface area (Å²) in [5.41, 5.74) is -0.492. The molecule has 0 aliphatic heterocycles. The van der Waals surface area contributed by atoms with E-state index in [1.165, 1.54) is 12.3 Å². The molecule has 4 aromatic rings. The predicted molar refractivity (Wildman–Crippen MR) is 83.6 cm³/mol. The zero-order valence-corrected chi connectivity index (χ0v) is 13.7. The summed E-state index contributed by atoms with van der Waals surface area (Å²) in [6.45, 7) is 0. The molecule has 0 saturated carbocycles. The van der Waals surface area contributed by atoms with Gasteiger partial charge in [-0.25, -0.2) is 14.3 Å². The molecule has 0 unspecified atom stereocenters. The largest absolute Gasteiger partial charge is 0.476 e. The molecule has 0 radical (unpaired) electrons. The Morgan fingerprint density at radius 2 is 1.88 bits per heavy atom. The van der Waals surface area contributed by atoms with Crippen molar-refractivity contribution in [3.8, 4) is 0 Å². The van der Waals surface area contributed by atoms with E-state index in [0.717, 1.165) is 21.2 Å². The number of rotatable bonds is 3. The van der Waals surface area contributed by atoms with Gasteiger partial charge in [0, 0.05) is 10.7 Å². The molecule has 0 aliphatic rings. The highest BCUT2D eigenvalue weighted by Crippen LogP contribution is 2.33. The first-order valence-electron chi connectivity index (χ1n) is 6.85. The fraction of sp³-hybridized carbons (Fsp3) is 0.0714. The Balaban J connectivity index is 1.87. The molecule has 126 valence electrons. The van der Waals surface area contributed by atoms with Gasteiger partial charge in [0.25, 0.3) is 0 Å². The van der Waals surface area contributed by atoms with Gasteiger partial charge in [-0.15, -0.1) is 10.2 Å². The second-order valence-corrected chi connectivity index (χ2v) is 6.04. The summed E-state index contributed by atoms with van der Waals surface area (Å²) in [6, 6.07) is 5.55. The van der Waals surface area contributed by atoms with E-state index in [1.54, 1.807) is 12.1 Å². The van der Waals surface area contributed by atoms with Crippen LogP contribution in [0.1, 0.15) is 22.0 Å². The van der Waals surface area contributed by atoms with Gasteiger partial charge in [0.05, 0.1) is 6.20 Å². The minimum Gasteiger partial charge on any atom is -0.476 e. The van der Waals surface area contributed by atoms with E-state index >= 15 is 0 Å². The quantitative estimate of drug-likeness (QED) is 0.558. The van der Waals surface area contributed by atoms with E-state index in [1.807, 2.05) is 0 Å². The summed E-state index contributed by atoms with van der Waals surface area (Å²) in [5.74, 6) is -5.43. The molecule has 0 spiro atoms. The number of aromatic carboxylic acids is 1. The third-order valence-electron chi connectivity index (χ3n) is 3.51. The zero-order chi connectivity index (χ0) is 17.8. The van der Waals surface area contributed by atoms with Crippen LogP contribution < -0.4 is 0 Å². The fourth-order valence-corrected chi connectivity index (χ4v) is 2.68. The molecule has 0 bridgehead atoms. The van der Waals surface area contributed by atoms with Gasteiger partial charge >= 0.3 is 11.9 Å². The highest BCUT2D eigenvalue weighted by Gasteiger charge is 2.41. The molecular formula is C14H7BrF2N6O2. The molecule has 1 N–H and O–H groups in total. The van der Waals surface area contributed by atoms with Crippen LogP contribution in [0.3, 0.4) is 0 Å². The number of halogens is 3. The Bertz CT molecular complexity index is 1140. The Morgan fingerprint density at radius 3 is 2.64 bits per heavy atom. The van der Waals surface area contributed by atoms with Crippen LogP contribution in [0.4, 0.5) is 8.78 Å². The van der Waals surface area contributed by atoms with E-state index in [-0.39, 0.29) is 17.0 Å². The molecule has 0 atom stereocenters. The van der Waals surface area contributed by atoms with Crippen LogP contribution in [0, 0.1) is 0 Å². The summed E-state index contributed by atoms with van der Waals surface area (Å²) < 4.78 is 32.6. The summed E-state index contributed by atoms with van der Waals surface area (Å²) in [7, 11) is 0. The SMILES string of the molecule is O=C(O)c1cn2nc(C(F)(F)c3nnc4ccc(Br)cn34)ccc2n1. The molecule has 4 aromatic heterocycles. The number of pyridine rings is 1. The molecule has 4 heterocycles. The number of carboxylic acid groups (broad SMARTS) is 1. The van der Waals surface area contributed by atoms with Crippen LogP contribution in [0.5, 0.6) is 0 Å². The normalized spacial score (nSPS) is 12.1. The first-order chi connectivity index (χ1) is 11.9. The zero-order valence-electron chi connectivity index (χ0n) is 12.1. The van der Waals surface area contributed by atoms with Gasteiger partial charge in [-0.3, -0.25) is 4.40 Å². The van der Waals surface area contributed by atoms with Crippen molar-refractivity contribution in [2.45, 2.75) is 5.92 Å². The minimum atomic E-state index is -3.55. The van der Waals surface area contributed by atoms with Crippen LogP contribution in [-0.2, 0) is 5.92 Å². The molecule has 25 heavy (non-hydrogen) atoms. The maximum Gasteiger partial charge on any atom is 0.356 e. The van der Waals surface area contributed by atoms with Gasteiger partial charge in [-0.1, -0.05) is 0 Å². The third kappa shape index (κ3) is 2.43. The van der Waals surface area contributed by atoms with E-state index in [0.29, 0.717) is 4.47 Å². The van der Waals surface area contributed by atoms with Crippen LogP contribution in [0.2, 0.25) is 0 Å². The summed E-state index contributed by atoms with van der Waals surface area (Å²) in [4.78, 5) is 14.7. The summed E-state index contributed by atoms with van der Waals surface area (Å²) in [6.07, 6.45) is 2.49. The number of imidazole rings is 1. The minimum absolute atomic E-state index is 0.144. The average molecular weight is 409 g/mol. The number of alkyl halides is 2. The first-order valence-corrected chi connectivity index (χ1v) is 7.64. The van der Waals surface area contributed by atoms with E-state index in [2.05, 4.69) is 36.2 Å². The molecule has 0 aromatic carbocycles. The molecule has 11 heteroatoms. The first kappa shape index (κ1) is 15.6. The standard InChI is InChI=1S/C14H7BrF2N6O2/c15-7-1-3-11-19-20-13(22(11)5-7)14(16,17)9-2-4-10-18-8(12(24)25)6-23(10)21-9/h1-6H,(H,24,25). The summed E-state index contributed by atoms with van der Waals surface area (Å²) >= 11 is 3.22. The topological polar surface area (TPSA) is 97.7 Å². The van der Waals surface area contributed by atoms with Crippen molar-refractivity contribution in [1.29, 1.82) is 0 Å². The van der Waals surface area contributed by atoms with Gasteiger partial charge < -0.3 is 5.11 Å². The van der Waals surface area contributed by atoms with E-state index < -0.39 is 23.4 Å². The molecule has 4 rings (SSSR count). The van der Waals surface area contributed by atoms with Crippen molar-refractivity contribution in [1.82, 2.24) is 29.2 Å². The number of carboxylic acids is 1.